The molecule has 0 aliphatic carbocycles. The van der Waals surface area contributed by atoms with E-state index in [4.69, 9.17) is 5.73 Å². The van der Waals surface area contributed by atoms with E-state index >= 15 is 0 Å². The number of carbonyl (C=O) groups excluding carboxylic acids is 1. The Labute approximate surface area is 97.7 Å². The molecule has 0 aliphatic rings. The topological polar surface area (TPSA) is 60.0 Å². The molecule has 16 heavy (non-hydrogen) atoms. The quantitative estimate of drug-likeness (QED) is 0.849. The highest BCUT2D eigenvalue weighted by atomic mass is 32.1. The number of nitrogens with zero attached hydrogens (tertiary/aromatic N) is 1. The van der Waals surface area contributed by atoms with Gasteiger partial charge < -0.3 is 15.6 Å². The minimum absolute atomic E-state index is 0.106. The Morgan fingerprint density at radius 3 is 3.00 bits per heavy atom. The van der Waals surface area contributed by atoms with Crippen LogP contribution in [0.4, 0.5) is 5.69 Å². The maximum atomic E-state index is 11.8. The predicted molar refractivity (Wildman–Crippen MR) is 65.3 cm³/mol. The van der Waals surface area contributed by atoms with Gasteiger partial charge in [-0.25, -0.2) is 0 Å². The molecule has 0 spiro atoms. The average molecular weight is 235 g/mol. The lowest BCUT2D eigenvalue weighted by atomic mass is 10.3. The third-order valence-corrected chi connectivity index (χ3v) is 3.02. The highest BCUT2D eigenvalue weighted by molar-refractivity contribution is 7.07. The summed E-state index contributed by atoms with van der Waals surface area (Å²) < 4.78 is 1.72. The van der Waals surface area contributed by atoms with E-state index in [2.05, 4.69) is 5.32 Å². The Kier molecular flexibility index (Phi) is 2.96. The molecule has 2 rings (SSSR count). The van der Waals surface area contributed by atoms with Crippen molar-refractivity contribution in [1.82, 2.24) is 9.88 Å². The Morgan fingerprint density at radius 2 is 2.44 bits per heavy atom. The molecular formula is C11H13N3OS. The van der Waals surface area contributed by atoms with Crippen LogP contribution in [0.1, 0.15) is 16.1 Å². The zero-order valence-electron chi connectivity index (χ0n) is 8.93. The van der Waals surface area contributed by atoms with Gasteiger partial charge in [-0.1, -0.05) is 0 Å². The van der Waals surface area contributed by atoms with Crippen LogP contribution in [-0.2, 0) is 13.6 Å². The van der Waals surface area contributed by atoms with Crippen molar-refractivity contribution in [2.45, 2.75) is 6.54 Å². The minimum Gasteiger partial charge on any atom is -0.397 e. The molecule has 0 bridgehead atoms. The van der Waals surface area contributed by atoms with E-state index in [1.54, 1.807) is 35.2 Å². The van der Waals surface area contributed by atoms with Gasteiger partial charge in [0.15, 0.2) is 0 Å². The summed E-state index contributed by atoms with van der Waals surface area (Å²) in [7, 11) is 1.80. The molecule has 0 unspecified atom stereocenters. The van der Waals surface area contributed by atoms with Gasteiger partial charge in [0, 0.05) is 19.8 Å². The maximum Gasteiger partial charge on any atom is 0.268 e. The highest BCUT2D eigenvalue weighted by Gasteiger charge is 2.10. The summed E-state index contributed by atoms with van der Waals surface area (Å²) in [4.78, 5) is 11.8. The van der Waals surface area contributed by atoms with Gasteiger partial charge in [-0.2, -0.15) is 11.3 Å². The fourth-order valence-electron chi connectivity index (χ4n) is 1.48. The zero-order chi connectivity index (χ0) is 11.5. The van der Waals surface area contributed by atoms with Crippen molar-refractivity contribution >= 4 is 22.9 Å². The van der Waals surface area contributed by atoms with Gasteiger partial charge >= 0.3 is 0 Å². The zero-order valence-corrected chi connectivity index (χ0v) is 9.75. The van der Waals surface area contributed by atoms with Gasteiger partial charge in [0.05, 0.1) is 5.69 Å². The minimum atomic E-state index is -0.106. The second-order valence-corrected chi connectivity index (χ2v) is 4.36. The number of nitrogen functional groups attached to an aromatic ring is 1. The van der Waals surface area contributed by atoms with Crippen LogP contribution >= 0.6 is 11.3 Å². The lowest BCUT2D eigenvalue weighted by Crippen LogP contribution is -2.24. The number of hydrogen-bond acceptors (Lipinski definition) is 3. The molecule has 0 radical (unpaired) electrons. The molecule has 0 aliphatic heterocycles. The van der Waals surface area contributed by atoms with Crippen molar-refractivity contribution in [3.05, 3.63) is 40.3 Å². The molecule has 0 aromatic carbocycles. The molecule has 2 heterocycles. The van der Waals surface area contributed by atoms with E-state index < -0.39 is 0 Å². The van der Waals surface area contributed by atoms with Gasteiger partial charge in [-0.15, -0.1) is 0 Å². The lowest BCUT2D eigenvalue weighted by molar-refractivity contribution is 0.0943. The van der Waals surface area contributed by atoms with Crippen molar-refractivity contribution in [2.75, 3.05) is 5.73 Å². The van der Waals surface area contributed by atoms with Crippen molar-refractivity contribution in [2.24, 2.45) is 7.05 Å². The average Bonchev–Trinajstić information content (AvgIpc) is 2.84. The molecule has 2 aromatic heterocycles. The van der Waals surface area contributed by atoms with E-state index in [-0.39, 0.29) is 5.91 Å². The van der Waals surface area contributed by atoms with Crippen LogP contribution in [-0.4, -0.2) is 10.5 Å². The summed E-state index contributed by atoms with van der Waals surface area (Å²) >= 11 is 1.62. The molecule has 5 heteroatoms. The molecular weight excluding hydrogens is 222 g/mol. The number of anilines is 1. The third-order valence-electron chi connectivity index (χ3n) is 2.29. The summed E-state index contributed by atoms with van der Waals surface area (Å²) in [5.74, 6) is -0.106. The van der Waals surface area contributed by atoms with Gasteiger partial charge in [0.1, 0.15) is 5.69 Å². The van der Waals surface area contributed by atoms with Crippen molar-refractivity contribution in [1.29, 1.82) is 0 Å². The van der Waals surface area contributed by atoms with Gasteiger partial charge in [0.25, 0.3) is 5.91 Å². The van der Waals surface area contributed by atoms with Crippen molar-refractivity contribution < 1.29 is 4.79 Å². The Bertz CT molecular complexity index is 487. The number of rotatable bonds is 3. The van der Waals surface area contributed by atoms with Crippen LogP contribution in [0.5, 0.6) is 0 Å². The molecule has 84 valence electrons. The maximum absolute atomic E-state index is 11.8. The number of amides is 1. The Hall–Kier alpha value is -1.75. The van der Waals surface area contributed by atoms with Crippen LogP contribution < -0.4 is 11.1 Å². The molecule has 1 amide bonds. The number of nitrogens with two attached hydrogens (primary N) is 1. The monoisotopic (exact) mass is 235 g/mol. The summed E-state index contributed by atoms with van der Waals surface area (Å²) in [6, 6.07) is 3.66. The van der Waals surface area contributed by atoms with E-state index in [0.29, 0.717) is 17.9 Å². The third kappa shape index (κ3) is 2.25. The summed E-state index contributed by atoms with van der Waals surface area (Å²) in [5.41, 5.74) is 7.90. The van der Waals surface area contributed by atoms with Crippen molar-refractivity contribution in [3.63, 3.8) is 0 Å². The fourth-order valence-corrected chi connectivity index (χ4v) is 2.15. The number of aryl methyl sites for hydroxylation is 1. The second-order valence-electron chi connectivity index (χ2n) is 3.58. The first-order chi connectivity index (χ1) is 7.66. The second kappa shape index (κ2) is 4.40. The summed E-state index contributed by atoms with van der Waals surface area (Å²) in [6.07, 6.45) is 1.72. The Balaban J connectivity index is 2.01. The molecule has 0 atom stereocenters. The van der Waals surface area contributed by atoms with Gasteiger partial charge in [-0.3, -0.25) is 4.79 Å². The summed E-state index contributed by atoms with van der Waals surface area (Å²) in [5, 5.41) is 6.85. The molecule has 0 saturated carbocycles. The van der Waals surface area contributed by atoms with Gasteiger partial charge in [-0.05, 0) is 28.5 Å². The Morgan fingerprint density at radius 1 is 1.62 bits per heavy atom. The number of carbonyl (C=O) groups is 1. The largest absolute Gasteiger partial charge is 0.397 e. The summed E-state index contributed by atoms with van der Waals surface area (Å²) in [6.45, 7) is 0.549. The van der Waals surface area contributed by atoms with Crippen LogP contribution in [0.25, 0.3) is 0 Å². The van der Waals surface area contributed by atoms with E-state index in [9.17, 15) is 4.79 Å². The normalized spacial score (nSPS) is 10.3. The SMILES string of the molecule is Cn1cc(N)cc1C(=O)NCc1ccsc1. The van der Waals surface area contributed by atoms with Crippen LogP contribution in [0.15, 0.2) is 29.1 Å². The number of aromatic nitrogens is 1. The van der Waals surface area contributed by atoms with Gasteiger partial charge in [0.2, 0.25) is 0 Å². The molecule has 4 nitrogen and oxygen atoms in total. The molecule has 0 fully saturated rings. The first-order valence-corrected chi connectivity index (χ1v) is 5.82. The van der Waals surface area contributed by atoms with Crippen LogP contribution in [0, 0.1) is 0 Å². The lowest BCUT2D eigenvalue weighted by Gasteiger charge is -2.04. The first-order valence-electron chi connectivity index (χ1n) is 4.88. The molecule has 2 aromatic rings. The number of thiophene rings is 1. The predicted octanol–water partition coefficient (Wildman–Crippen LogP) is 1.60. The molecule has 3 N–H and O–H groups in total. The number of hydrogen-bond donors (Lipinski definition) is 2. The van der Waals surface area contributed by atoms with Crippen molar-refractivity contribution in [3.8, 4) is 0 Å². The van der Waals surface area contributed by atoms with E-state index in [0.717, 1.165) is 5.56 Å². The first kappa shape index (κ1) is 10.8. The van der Waals surface area contributed by atoms with Crippen LogP contribution in [0.3, 0.4) is 0 Å². The smallest absolute Gasteiger partial charge is 0.268 e. The van der Waals surface area contributed by atoms with Crippen LogP contribution in [0.2, 0.25) is 0 Å². The highest BCUT2D eigenvalue weighted by Crippen LogP contribution is 2.09. The number of nitrogens with one attached hydrogen (secondary N) is 1. The standard InChI is InChI=1S/C11H13N3OS/c1-14-6-9(12)4-10(14)11(15)13-5-8-2-3-16-7-8/h2-4,6-7H,5,12H2,1H3,(H,13,15). The molecule has 0 saturated heterocycles. The fraction of sp³-hybridized carbons (Fsp3) is 0.182. The van der Waals surface area contributed by atoms with E-state index in [1.165, 1.54) is 0 Å². The van der Waals surface area contributed by atoms with E-state index in [1.807, 2.05) is 16.8 Å².